The number of hydrogen-bond donors (Lipinski definition) is 1. The van der Waals surface area contributed by atoms with Crippen LogP contribution in [0.5, 0.6) is 0 Å². The fourth-order valence-electron chi connectivity index (χ4n) is 3.91. The Morgan fingerprint density at radius 2 is 1.89 bits per heavy atom. The van der Waals surface area contributed by atoms with Crippen LogP contribution in [0.4, 0.5) is 0 Å². The maximum Gasteiger partial charge on any atom is 0.0358 e. The van der Waals surface area contributed by atoms with Gasteiger partial charge < -0.3 is 10.6 Å². The maximum absolute atomic E-state index is 6.17. The Kier molecular flexibility index (Phi) is 4.68. The van der Waals surface area contributed by atoms with Crippen LogP contribution in [0, 0.1) is 5.92 Å². The molecule has 0 aliphatic carbocycles. The van der Waals surface area contributed by atoms with Crippen molar-refractivity contribution < 1.29 is 0 Å². The molecule has 2 fully saturated rings. The van der Waals surface area contributed by atoms with Gasteiger partial charge in [-0.1, -0.05) is 13.8 Å². The summed E-state index contributed by atoms with van der Waals surface area (Å²) in [5.41, 5.74) is 6.48. The molecule has 1 atom stereocenters. The Balaban J connectivity index is 1.95. The highest BCUT2D eigenvalue weighted by Crippen LogP contribution is 2.34. The molecule has 0 radical (unpaired) electrons. The highest BCUT2D eigenvalue weighted by atomic mass is 15.3. The fourth-order valence-corrected chi connectivity index (χ4v) is 3.91. The SMILES string of the molecule is CC(C)CN1CCC(CN)(N2CCCC2C)CC1. The van der Waals surface area contributed by atoms with Crippen molar-refractivity contribution in [1.82, 2.24) is 9.80 Å². The quantitative estimate of drug-likeness (QED) is 0.831. The van der Waals surface area contributed by atoms with Gasteiger partial charge in [-0.2, -0.15) is 0 Å². The average Bonchev–Trinajstić information content (AvgIpc) is 2.77. The smallest absolute Gasteiger partial charge is 0.0358 e. The Morgan fingerprint density at radius 3 is 2.33 bits per heavy atom. The number of likely N-dealkylation sites (tertiary alicyclic amines) is 2. The monoisotopic (exact) mass is 253 g/mol. The summed E-state index contributed by atoms with van der Waals surface area (Å²) in [4.78, 5) is 5.35. The first-order valence-electron chi connectivity index (χ1n) is 7.76. The highest BCUT2D eigenvalue weighted by Gasteiger charge is 2.42. The fraction of sp³-hybridized carbons (Fsp3) is 1.00. The van der Waals surface area contributed by atoms with Crippen molar-refractivity contribution in [2.24, 2.45) is 11.7 Å². The van der Waals surface area contributed by atoms with E-state index < -0.39 is 0 Å². The predicted octanol–water partition coefficient (Wildman–Crippen LogP) is 1.92. The molecule has 0 aromatic rings. The standard InChI is InChI=1S/C15H31N3/c1-13(2)11-17-9-6-15(12-16,7-10-17)18-8-4-5-14(18)3/h13-14H,4-12,16H2,1-3H3. The van der Waals surface area contributed by atoms with E-state index in [1.807, 2.05) is 0 Å². The lowest BCUT2D eigenvalue weighted by molar-refractivity contribution is 0.0192. The van der Waals surface area contributed by atoms with E-state index in [4.69, 9.17) is 5.73 Å². The average molecular weight is 253 g/mol. The van der Waals surface area contributed by atoms with Crippen LogP contribution in [0.15, 0.2) is 0 Å². The zero-order valence-corrected chi connectivity index (χ0v) is 12.5. The first kappa shape index (κ1) is 14.3. The van der Waals surface area contributed by atoms with Crippen molar-refractivity contribution in [1.29, 1.82) is 0 Å². The number of piperidine rings is 1. The van der Waals surface area contributed by atoms with Gasteiger partial charge >= 0.3 is 0 Å². The third-order valence-corrected chi connectivity index (χ3v) is 4.95. The summed E-state index contributed by atoms with van der Waals surface area (Å²) in [7, 11) is 0. The summed E-state index contributed by atoms with van der Waals surface area (Å²) in [5, 5.41) is 0. The van der Waals surface area contributed by atoms with Crippen molar-refractivity contribution in [2.45, 2.75) is 58.0 Å². The van der Waals surface area contributed by atoms with Gasteiger partial charge in [0.2, 0.25) is 0 Å². The van der Waals surface area contributed by atoms with Gasteiger partial charge in [0.05, 0.1) is 0 Å². The van der Waals surface area contributed by atoms with Crippen LogP contribution in [-0.4, -0.2) is 54.1 Å². The van der Waals surface area contributed by atoms with E-state index in [0.717, 1.165) is 18.5 Å². The number of rotatable bonds is 4. The minimum absolute atomic E-state index is 0.309. The molecule has 0 saturated carbocycles. The Hall–Kier alpha value is -0.120. The van der Waals surface area contributed by atoms with Gasteiger partial charge in [0.15, 0.2) is 0 Å². The van der Waals surface area contributed by atoms with Gasteiger partial charge in [-0.05, 0) is 58.2 Å². The zero-order chi connectivity index (χ0) is 13.2. The van der Waals surface area contributed by atoms with Crippen molar-refractivity contribution >= 4 is 0 Å². The molecule has 0 bridgehead atoms. The van der Waals surface area contributed by atoms with E-state index in [9.17, 15) is 0 Å². The largest absolute Gasteiger partial charge is 0.329 e. The van der Waals surface area contributed by atoms with E-state index in [-0.39, 0.29) is 0 Å². The van der Waals surface area contributed by atoms with Crippen molar-refractivity contribution in [3.63, 3.8) is 0 Å². The summed E-state index contributed by atoms with van der Waals surface area (Å²) in [5.74, 6) is 0.779. The molecule has 0 amide bonds. The predicted molar refractivity (Wildman–Crippen MR) is 77.7 cm³/mol. The van der Waals surface area contributed by atoms with Crippen molar-refractivity contribution in [3.8, 4) is 0 Å². The number of nitrogens with two attached hydrogens (primary N) is 1. The van der Waals surface area contributed by atoms with Crippen LogP contribution in [0.25, 0.3) is 0 Å². The molecule has 2 rings (SSSR count). The molecule has 3 nitrogen and oxygen atoms in total. The molecule has 2 N–H and O–H groups in total. The highest BCUT2D eigenvalue weighted by molar-refractivity contribution is 5.00. The minimum Gasteiger partial charge on any atom is -0.329 e. The summed E-state index contributed by atoms with van der Waals surface area (Å²) >= 11 is 0. The second-order valence-electron chi connectivity index (χ2n) is 6.81. The molecular formula is C15H31N3. The van der Waals surface area contributed by atoms with Gasteiger partial charge in [-0.3, -0.25) is 4.90 Å². The van der Waals surface area contributed by atoms with Crippen LogP contribution >= 0.6 is 0 Å². The van der Waals surface area contributed by atoms with Gasteiger partial charge in [0.1, 0.15) is 0 Å². The molecule has 2 heterocycles. The van der Waals surface area contributed by atoms with E-state index in [1.54, 1.807) is 0 Å². The Morgan fingerprint density at radius 1 is 1.22 bits per heavy atom. The number of nitrogens with zero attached hydrogens (tertiary/aromatic N) is 2. The Labute approximate surface area is 113 Å². The normalized spacial score (nSPS) is 30.2. The number of hydrogen-bond acceptors (Lipinski definition) is 3. The Bertz CT molecular complexity index is 256. The molecule has 0 aromatic carbocycles. The molecule has 2 saturated heterocycles. The van der Waals surface area contributed by atoms with Crippen molar-refractivity contribution in [2.75, 3.05) is 32.7 Å². The first-order chi connectivity index (χ1) is 8.57. The molecule has 2 aliphatic rings. The lowest BCUT2D eigenvalue weighted by Gasteiger charge is -2.49. The molecular weight excluding hydrogens is 222 g/mol. The lowest BCUT2D eigenvalue weighted by atomic mass is 9.85. The second-order valence-corrected chi connectivity index (χ2v) is 6.81. The molecule has 2 aliphatic heterocycles. The second kappa shape index (κ2) is 5.89. The van der Waals surface area contributed by atoms with E-state index >= 15 is 0 Å². The summed E-state index contributed by atoms with van der Waals surface area (Å²) in [6.45, 7) is 12.8. The summed E-state index contributed by atoms with van der Waals surface area (Å²) < 4.78 is 0. The van der Waals surface area contributed by atoms with Crippen LogP contribution in [0.1, 0.15) is 46.5 Å². The summed E-state index contributed by atoms with van der Waals surface area (Å²) in [6, 6.07) is 0.741. The third kappa shape index (κ3) is 2.89. The maximum atomic E-state index is 6.17. The van der Waals surface area contributed by atoms with Crippen LogP contribution in [0.2, 0.25) is 0 Å². The molecule has 0 aromatic heterocycles. The minimum atomic E-state index is 0.309. The van der Waals surface area contributed by atoms with Crippen LogP contribution in [0.3, 0.4) is 0 Å². The van der Waals surface area contributed by atoms with Gasteiger partial charge in [-0.15, -0.1) is 0 Å². The van der Waals surface area contributed by atoms with E-state index in [0.29, 0.717) is 5.54 Å². The van der Waals surface area contributed by atoms with Gasteiger partial charge in [0, 0.05) is 24.7 Å². The molecule has 0 spiro atoms. The third-order valence-electron chi connectivity index (χ3n) is 4.95. The van der Waals surface area contributed by atoms with E-state index in [1.165, 1.54) is 51.9 Å². The topological polar surface area (TPSA) is 32.5 Å². The van der Waals surface area contributed by atoms with Crippen LogP contribution < -0.4 is 5.73 Å². The first-order valence-corrected chi connectivity index (χ1v) is 7.76. The molecule has 3 heteroatoms. The lowest BCUT2D eigenvalue weighted by Crippen LogP contribution is -2.60. The molecule has 106 valence electrons. The van der Waals surface area contributed by atoms with Gasteiger partial charge in [-0.25, -0.2) is 0 Å². The van der Waals surface area contributed by atoms with E-state index in [2.05, 4.69) is 30.6 Å². The molecule has 18 heavy (non-hydrogen) atoms. The van der Waals surface area contributed by atoms with Gasteiger partial charge in [0.25, 0.3) is 0 Å². The van der Waals surface area contributed by atoms with Crippen LogP contribution in [-0.2, 0) is 0 Å². The molecule has 1 unspecified atom stereocenters. The zero-order valence-electron chi connectivity index (χ0n) is 12.5. The summed E-state index contributed by atoms with van der Waals surface area (Å²) in [6.07, 6.45) is 5.25. The van der Waals surface area contributed by atoms with Crippen molar-refractivity contribution in [3.05, 3.63) is 0 Å².